The van der Waals surface area contributed by atoms with Crippen molar-refractivity contribution in [1.82, 2.24) is 9.88 Å². The number of H-pyrrole nitrogens is 1. The normalized spacial score (nSPS) is 17.3. The van der Waals surface area contributed by atoms with Gasteiger partial charge in [-0.2, -0.15) is 0 Å². The van der Waals surface area contributed by atoms with Crippen LogP contribution >= 0.6 is 0 Å². The second-order valence-electron chi connectivity index (χ2n) is 6.64. The first kappa shape index (κ1) is 18.1. The number of hydrogen-bond acceptors (Lipinski definition) is 3. The number of piperidine rings is 1. The first-order valence-electron chi connectivity index (χ1n) is 8.59. The van der Waals surface area contributed by atoms with Crippen molar-refractivity contribution < 1.29 is 18.7 Å². The first-order valence-corrected chi connectivity index (χ1v) is 8.59. The van der Waals surface area contributed by atoms with Crippen LogP contribution in [-0.2, 0) is 6.42 Å². The number of likely N-dealkylation sites (tertiary alicyclic amines) is 1. The molecule has 1 aliphatic rings. The second-order valence-corrected chi connectivity index (χ2v) is 6.64. The Bertz CT molecular complexity index is 866. The van der Waals surface area contributed by atoms with Crippen molar-refractivity contribution >= 4 is 5.91 Å². The van der Waals surface area contributed by atoms with E-state index >= 15 is 0 Å². The van der Waals surface area contributed by atoms with Crippen molar-refractivity contribution in [2.75, 3.05) is 13.1 Å². The van der Waals surface area contributed by atoms with Crippen LogP contribution in [0.5, 0.6) is 5.75 Å². The Balaban J connectivity index is 1.62. The van der Waals surface area contributed by atoms with Crippen molar-refractivity contribution in [2.45, 2.75) is 25.7 Å². The molecule has 7 heteroatoms. The van der Waals surface area contributed by atoms with Crippen LogP contribution in [0.3, 0.4) is 0 Å². The van der Waals surface area contributed by atoms with E-state index in [9.17, 15) is 23.5 Å². The smallest absolute Gasteiger partial charge is 0.259 e. The highest BCUT2D eigenvalue weighted by Gasteiger charge is 2.26. The highest BCUT2D eigenvalue weighted by Crippen LogP contribution is 2.25. The molecule has 0 aliphatic carbocycles. The molecule has 5 nitrogen and oxygen atoms in total. The first-order chi connectivity index (χ1) is 12.4. The largest absolute Gasteiger partial charge is 0.507 e. The molecule has 0 radical (unpaired) electrons. The number of amides is 1. The van der Waals surface area contributed by atoms with Crippen LogP contribution < -0.4 is 5.56 Å². The van der Waals surface area contributed by atoms with Gasteiger partial charge < -0.3 is 15.0 Å². The number of benzene rings is 1. The van der Waals surface area contributed by atoms with Gasteiger partial charge in [-0.15, -0.1) is 0 Å². The summed E-state index contributed by atoms with van der Waals surface area (Å²) in [6, 6.07) is 4.89. The lowest BCUT2D eigenvalue weighted by atomic mass is 9.91. The van der Waals surface area contributed by atoms with E-state index in [1.165, 1.54) is 12.3 Å². The monoisotopic (exact) mass is 362 g/mol. The van der Waals surface area contributed by atoms with Gasteiger partial charge in [-0.1, -0.05) is 6.07 Å². The predicted molar refractivity (Wildman–Crippen MR) is 92.0 cm³/mol. The van der Waals surface area contributed by atoms with Crippen molar-refractivity contribution in [2.24, 2.45) is 5.92 Å². The number of nitrogens with one attached hydrogen (secondary N) is 1. The summed E-state index contributed by atoms with van der Waals surface area (Å²) in [5.41, 5.74) is 0.332. The Hall–Kier alpha value is -2.70. The quantitative estimate of drug-likeness (QED) is 0.878. The topological polar surface area (TPSA) is 73.4 Å². The summed E-state index contributed by atoms with van der Waals surface area (Å²) in [7, 11) is 0. The number of aromatic amines is 1. The van der Waals surface area contributed by atoms with E-state index < -0.39 is 17.2 Å². The molecule has 138 valence electrons. The highest BCUT2D eigenvalue weighted by atomic mass is 19.2. The molecular formula is C19H20F2N2O3. The minimum atomic E-state index is -0.858. The van der Waals surface area contributed by atoms with E-state index in [0.717, 1.165) is 37.0 Å². The second kappa shape index (κ2) is 7.68. The van der Waals surface area contributed by atoms with E-state index in [1.807, 2.05) is 0 Å². The summed E-state index contributed by atoms with van der Waals surface area (Å²) in [6.07, 6.45) is 4.37. The van der Waals surface area contributed by atoms with E-state index in [0.29, 0.717) is 19.5 Å². The lowest BCUT2D eigenvalue weighted by Crippen LogP contribution is -2.40. The molecule has 3 rings (SSSR count). The average molecular weight is 362 g/mol. The van der Waals surface area contributed by atoms with Crippen LogP contribution in [0, 0.1) is 17.6 Å². The Morgan fingerprint density at radius 1 is 1.27 bits per heavy atom. The van der Waals surface area contributed by atoms with Gasteiger partial charge >= 0.3 is 0 Å². The number of hydrogen-bond donors (Lipinski definition) is 2. The molecule has 1 saturated heterocycles. The molecule has 1 atom stereocenters. The zero-order valence-corrected chi connectivity index (χ0v) is 14.2. The summed E-state index contributed by atoms with van der Waals surface area (Å²) in [5, 5.41) is 9.83. The van der Waals surface area contributed by atoms with Crippen LogP contribution in [0.25, 0.3) is 0 Å². The number of pyridine rings is 1. The van der Waals surface area contributed by atoms with Gasteiger partial charge in [0.2, 0.25) is 0 Å². The number of aromatic nitrogens is 1. The van der Waals surface area contributed by atoms with Crippen LogP contribution in [0.15, 0.2) is 35.3 Å². The summed E-state index contributed by atoms with van der Waals surface area (Å²) in [6.45, 7) is 1.11. The third kappa shape index (κ3) is 4.09. The van der Waals surface area contributed by atoms with Crippen LogP contribution in [0.2, 0.25) is 0 Å². The number of carbonyl (C=O) groups is 1. The van der Waals surface area contributed by atoms with Crippen LogP contribution in [0.4, 0.5) is 8.78 Å². The van der Waals surface area contributed by atoms with Gasteiger partial charge in [-0.25, -0.2) is 8.78 Å². The van der Waals surface area contributed by atoms with Gasteiger partial charge in [0.1, 0.15) is 5.75 Å². The Morgan fingerprint density at radius 2 is 2.08 bits per heavy atom. The number of aryl methyl sites for hydroxylation is 1. The van der Waals surface area contributed by atoms with Gasteiger partial charge in [-0.05, 0) is 49.3 Å². The summed E-state index contributed by atoms with van der Waals surface area (Å²) < 4.78 is 26.3. The third-order valence-corrected chi connectivity index (χ3v) is 4.76. The minimum absolute atomic E-state index is 0.0749. The van der Waals surface area contributed by atoms with Gasteiger partial charge in [0.25, 0.3) is 11.5 Å². The molecular weight excluding hydrogens is 342 g/mol. The van der Waals surface area contributed by atoms with Crippen molar-refractivity contribution in [3.8, 4) is 5.75 Å². The van der Waals surface area contributed by atoms with E-state index in [2.05, 4.69) is 4.98 Å². The fourth-order valence-electron chi connectivity index (χ4n) is 3.35. The molecule has 0 bridgehead atoms. The maximum absolute atomic E-state index is 13.3. The Labute approximate surface area is 149 Å². The van der Waals surface area contributed by atoms with Crippen LogP contribution in [-0.4, -0.2) is 34.0 Å². The molecule has 1 fully saturated rings. The van der Waals surface area contributed by atoms with Gasteiger partial charge in [0.15, 0.2) is 11.6 Å². The lowest BCUT2D eigenvalue weighted by molar-refractivity contribution is 0.0665. The highest BCUT2D eigenvalue weighted by molar-refractivity contribution is 5.96. The third-order valence-electron chi connectivity index (χ3n) is 4.76. The summed E-state index contributed by atoms with van der Waals surface area (Å²) in [5.74, 6) is -2.12. The number of nitrogens with zero attached hydrogens (tertiary/aromatic N) is 1. The number of aromatic hydroxyl groups is 1. The fraction of sp³-hybridized carbons (Fsp3) is 0.368. The number of rotatable bonds is 4. The van der Waals surface area contributed by atoms with E-state index in [4.69, 9.17) is 0 Å². The summed E-state index contributed by atoms with van der Waals surface area (Å²) >= 11 is 0. The molecule has 0 saturated carbocycles. The Kier molecular flexibility index (Phi) is 5.35. The minimum Gasteiger partial charge on any atom is -0.507 e. The summed E-state index contributed by atoms with van der Waals surface area (Å²) in [4.78, 5) is 27.8. The molecule has 1 aromatic carbocycles. The predicted octanol–water partition coefficient (Wildman–Crippen LogP) is 2.84. The van der Waals surface area contributed by atoms with Crippen molar-refractivity contribution in [3.05, 3.63) is 63.6 Å². The Morgan fingerprint density at radius 3 is 2.81 bits per heavy atom. The maximum atomic E-state index is 13.3. The molecule has 0 spiro atoms. The average Bonchev–Trinajstić information content (AvgIpc) is 2.62. The van der Waals surface area contributed by atoms with E-state index in [-0.39, 0.29) is 23.1 Å². The van der Waals surface area contributed by atoms with Gasteiger partial charge in [0.05, 0.1) is 5.56 Å². The molecule has 2 aromatic rings. The molecule has 1 aliphatic heterocycles. The standard InChI is InChI=1S/C19H20F2N2O3/c20-15-6-5-12(8-16(15)21)3-4-13-2-1-7-23(11-13)19(26)14-10-22-18(25)9-17(14)24/h5-6,8-10,13H,1-4,7,11H2,(H2,22,24,25)/t13-/m1/s1. The molecule has 1 amide bonds. The molecule has 2 heterocycles. The number of halogens is 2. The SMILES string of the molecule is O=C(c1c[nH]c(=O)cc1O)N1CCC[C@H](CCc2ccc(F)c(F)c2)C1. The zero-order valence-electron chi connectivity index (χ0n) is 14.2. The van der Waals surface area contributed by atoms with Crippen LogP contribution in [0.1, 0.15) is 35.2 Å². The molecule has 26 heavy (non-hydrogen) atoms. The number of carbonyl (C=O) groups excluding carboxylic acids is 1. The molecule has 1 aromatic heterocycles. The maximum Gasteiger partial charge on any atom is 0.259 e. The van der Waals surface area contributed by atoms with Gasteiger partial charge in [-0.3, -0.25) is 9.59 Å². The van der Waals surface area contributed by atoms with Crippen molar-refractivity contribution in [1.29, 1.82) is 0 Å². The van der Waals surface area contributed by atoms with Crippen molar-refractivity contribution in [3.63, 3.8) is 0 Å². The van der Waals surface area contributed by atoms with Gasteiger partial charge in [0, 0.05) is 25.4 Å². The molecule has 2 N–H and O–H groups in total. The fourth-order valence-corrected chi connectivity index (χ4v) is 3.35. The van der Waals surface area contributed by atoms with E-state index in [1.54, 1.807) is 11.0 Å². The zero-order chi connectivity index (χ0) is 18.7. The lowest BCUT2D eigenvalue weighted by Gasteiger charge is -2.33. The molecule has 0 unspecified atom stereocenters.